The van der Waals surface area contributed by atoms with Crippen molar-refractivity contribution < 1.29 is 22.7 Å². The summed E-state index contributed by atoms with van der Waals surface area (Å²) in [6.07, 6.45) is -1.12. The number of nitrogens with one attached hydrogen (secondary N) is 2. The van der Waals surface area contributed by atoms with Crippen molar-refractivity contribution in [2.24, 2.45) is 7.05 Å². The van der Waals surface area contributed by atoms with E-state index in [-0.39, 0.29) is 30.8 Å². The zero-order valence-corrected chi connectivity index (χ0v) is 15.4. The number of alkyl halides is 3. The third-order valence-electron chi connectivity index (χ3n) is 4.50. The van der Waals surface area contributed by atoms with Gasteiger partial charge in [-0.05, 0) is 17.7 Å². The van der Waals surface area contributed by atoms with Crippen LogP contribution in [0.25, 0.3) is 0 Å². The normalized spacial score (nSPS) is 18.1. The summed E-state index contributed by atoms with van der Waals surface area (Å²) in [5.41, 5.74) is 0.684. The molecular weight excluding hydrogens is 375 g/mol. The molecule has 0 spiro atoms. The fourth-order valence-corrected chi connectivity index (χ4v) is 3.14. The first kappa shape index (κ1) is 20.2. The number of aromatic nitrogens is 2. The van der Waals surface area contributed by atoms with E-state index in [2.05, 4.69) is 25.3 Å². The molecule has 0 aliphatic carbocycles. The number of carbonyl (C=O) groups is 1. The minimum atomic E-state index is -4.72. The standard InChI is InChI=1S/C18H22F3N5O2/c1-25-8-7-23-17(25)15-11-22-6-9-26(15)12-16(27)24-10-13-2-4-14(5-3-13)28-18(19,20)21/h2-5,7-8,15,22H,6,9-12H2,1H3,(H,24,27). The second-order valence-corrected chi connectivity index (χ2v) is 6.56. The molecule has 1 amide bonds. The highest BCUT2D eigenvalue weighted by molar-refractivity contribution is 5.78. The van der Waals surface area contributed by atoms with E-state index < -0.39 is 6.36 Å². The maximum Gasteiger partial charge on any atom is 0.573 e. The van der Waals surface area contributed by atoms with Gasteiger partial charge in [-0.1, -0.05) is 12.1 Å². The van der Waals surface area contributed by atoms with Crippen LogP contribution in [0.4, 0.5) is 13.2 Å². The Labute approximate surface area is 160 Å². The van der Waals surface area contributed by atoms with E-state index >= 15 is 0 Å². The SMILES string of the molecule is Cn1ccnc1C1CNCCN1CC(=O)NCc1ccc(OC(F)(F)F)cc1. The Bertz CT molecular complexity index is 791. The Balaban J connectivity index is 1.52. The van der Waals surface area contributed by atoms with Crippen LogP contribution in [0.1, 0.15) is 17.4 Å². The zero-order valence-electron chi connectivity index (χ0n) is 15.4. The minimum Gasteiger partial charge on any atom is -0.406 e. The first-order valence-corrected chi connectivity index (χ1v) is 8.85. The van der Waals surface area contributed by atoms with Gasteiger partial charge in [-0.15, -0.1) is 13.2 Å². The van der Waals surface area contributed by atoms with Gasteiger partial charge >= 0.3 is 6.36 Å². The van der Waals surface area contributed by atoms with E-state index in [9.17, 15) is 18.0 Å². The van der Waals surface area contributed by atoms with Gasteiger partial charge in [-0.2, -0.15) is 0 Å². The summed E-state index contributed by atoms with van der Waals surface area (Å²) in [6.45, 7) is 2.65. The second kappa shape index (κ2) is 8.61. The predicted molar refractivity (Wildman–Crippen MR) is 95.4 cm³/mol. The van der Waals surface area contributed by atoms with Crippen LogP contribution in [-0.2, 0) is 18.4 Å². The number of rotatable bonds is 6. The van der Waals surface area contributed by atoms with E-state index in [1.54, 1.807) is 6.20 Å². The molecule has 1 fully saturated rings. The number of carbonyl (C=O) groups excluding carboxylic acids is 1. The lowest BCUT2D eigenvalue weighted by atomic mass is 10.1. The van der Waals surface area contributed by atoms with Gasteiger partial charge in [0.25, 0.3) is 0 Å². The van der Waals surface area contributed by atoms with Crippen LogP contribution in [0.3, 0.4) is 0 Å². The van der Waals surface area contributed by atoms with E-state index in [1.807, 2.05) is 17.8 Å². The number of halogens is 3. The smallest absolute Gasteiger partial charge is 0.406 e. The molecule has 0 bridgehead atoms. The molecule has 0 radical (unpaired) electrons. The lowest BCUT2D eigenvalue weighted by Gasteiger charge is -2.35. The van der Waals surface area contributed by atoms with Crippen molar-refractivity contribution in [2.75, 3.05) is 26.2 Å². The molecule has 2 aromatic rings. The van der Waals surface area contributed by atoms with Crippen molar-refractivity contribution in [1.82, 2.24) is 25.1 Å². The number of piperazine rings is 1. The van der Waals surface area contributed by atoms with Crippen LogP contribution >= 0.6 is 0 Å². The molecule has 1 saturated heterocycles. The third kappa shape index (κ3) is 5.46. The van der Waals surface area contributed by atoms with Crippen molar-refractivity contribution in [3.05, 3.63) is 48.0 Å². The van der Waals surface area contributed by atoms with E-state index in [0.717, 1.165) is 12.4 Å². The summed E-state index contributed by atoms with van der Waals surface area (Å²) < 4.78 is 42.3. The Morgan fingerprint density at radius 1 is 1.36 bits per heavy atom. The Morgan fingerprint density at radius 2 is 2.11 bits per heavy atom. The highest BCUT2D eigenvalue weighted by atomic mass is 19.4. The number of aryl methyl sites for hydroxylation is 1. The van der Waals surface area contributed by atoms with Gasteiger partial charge < -0.3 is 19.9 Å². The number of imidazole rings is 1. The van der Waals surface area contributed by atoms with Crippen molar-refractivity contribution in [2.45, 2.75) is 18.9 Å². The van der Waals surface area contributed by atoms with Crippen molar-refractivity contribution in [1.29, 1.82) is 0 Å². The van der Waals surface area contributed by atoms with Crippen LogP contribution in [0.2, 0.25) is 0 Å². The largest absolute Gasteiger partial charge is 0.573 e. The Hall–Kier alpha value is -2.59. The molecule has 7 nitrogen and oxygen atoms in total. The maximum absolute atomic E-state index is 12.4. The summed E-state index contributed by atoms with van der Waals surface area (Å²) in [4.78, 5) is 18.8. The number of ether oxygens (including phenoxy) is 1. The zero-order chi connectivity index (χ0) is 20.1. The summed E-state index contributed by atoms with van der Waals surface area (Å²) in [6, 6.07) is 5.43. The van der Waals surface area contributed by atoms with Crippen LogP contribution in [0.15, 0.2) is 36.7 Å². The molecule has 2 heterocycles. The van der Waals surface area contributed by atoms with Crippen molar-refractivity contribution in [3.63, 3.8) is 0 Å². The molecule has 2 N–H and O–H groups in total. The first-order chi connectivity index (χ1) is 13.3. The predicted octanol–water partition coefficient (Wildman–Crippen LogP) is 1.58. The van der Waals surface area contributed by atoms with Crippen LogP contribution < -0.4 is 15.4 Å². The number of hydrogen-bond donors (Lipinski definition) is 2. The molecule has 1 aromatic carbocycles. The topological polar surface area (TPSA) is 71.4 Å². The second-order valence-electron chi connectivity index (χ2n) is 6.56. The van der Waals surface area contributed by atoms with Gasteiger partial charge in [-0.3, -0.25) is 9.69 Å². The lowest BCUT2D eigenvalue weighted by molar-refractivity contribution is -0.274. The fourth-order valence-electron chi connectivity index (χ4n) is 3.14. The number of hydrogen-bond acceptors (Lipinski definition) is 5. The monoisotopic (exact) mass is 397 g/mol. The van der Waals surface area contributed by atoms with E-state index in [0.29, 0.717) is 18.7 Å². The molecule has 152 valence electrons. The average molecular weight is 397 g/mol. The summed E-state index contributed by atoms with van der Waals surface area (Å²) in [5.74, 6) is 0.443. The quantitative estimate of drug-likeness (QED) is 0.775. The highest BCUT2D eigenvalue weighted by Crippen LogP contribution is 2.23. The minimum absolute atomic E-state index is 0.00157. The molecule has 28 heavy (non-hydrogen) atoms. The molecule has 1 unspecified atom stereocenters. The Morgan fingerprint density at radius 3 is 2.75 bits per heavy atom. The lowest BCUT2D eigenvalue weighted by Crippen LogP contribution is -2.50. The molecule has 1 aliphatic rings. The number of nitrogens with zero attached hydrogens (tertiary/aromatic N) is 3. The highest BCUT2D eigenvalue weighted by Gasteiger charge is 2.31. The van der Waals surface area contributed by atoms with E-state index in [1.165, 1.54) is 24.3 Å². The van der Waals surface area contributed by atoms with Gasteiger partial charge in [0.05, 0.1) is 12.6 Å². The van der Waals surface area contributed by atoms with Crippen LogP contribution in [0, 0.1) is 0 Å². The third-order valence-corrected chi connectivity index (χ3v) is 4.50. The first-order valence-electron chi connectivity index (χ1n) is 8.85. The average Bonchev–Trinajstić information content (AvgIpc) is 3.06. The fraction of sp³-hybridized carbons (Fsp3) is 0.444. The molecule has 0 saturated carbocycles. The molecule has 1 atom stereocenters. The summed E-state index contributed by atoms with van der Waals surface area (Å²) in [5, 5.41) is 6.12. The van der Waals surface area contributed by atoms with Crippen LogP contribution in [0.5, 0.6) is 5.75 Å². The van der Waals surface area contributed by atoms with Crippen molar-refractivity contribution in [3.8, 4) is 5.75 Å². The van der Waals surface area contributed by atoms with Gasteiger partial charge in [0, 0.05) is 45.6 Å². The molecule has 1 aromatic heterocycles. The summed E-state index contributed by atoms with van der Waals surface area (Å²) >= 11 is 0. The van der Waals surface area contributed by atoms with Gasteiger partial charge in [0.15, 0.2) is 0 Å². The van der Waals surface area contributed by atoms with Crippen molar-refractivity contribution >= 4 is 5.91 Å². The molecule has 1 aliphatic heterocycles. The van der Waals surface area contributed by atoms with Gasteiger partial charge in [0.2, 0.25) is 5.91 Å². The number of benzene rings is 1. The Kier molecular flexibility index (Phi) is 6.20. The summed E-state index contributed by atoms with van der Waals surface area (Å²) in [7, 11) is 1.92. The van der Waals surface area contributed by atoms with Crippen LogP contribution in [-0.4, -0.2) is 52.9 Å². The van der Waals surface area contributed by atoms with Gasteiger partial charge in [-0.25, -0.2) is 4.98 Å². The van der Waals surface area contributed by atoms with Gasteiger partial charge in [0.1, 0.15) is 11.6 Å². The molecular formula is C18H22F3N5O2. The maximum atomic E-state index is 12.4. The van der Waals surface area contributed by atoms with E-state index in [4.69, 9.17) is 0 Å². The number of amides is 1. The molecule has 10 heteroatoms. The molecule has 3 rings (SSSR count).